The van der Waals surface area contributed by atoms with Gasteiger partial charge in [0.25, 0.3) is 5.91 Å². The van der Waals surface area contributed by atoms with Crippen LogP contribution in [0.5, 0.6) is 0 Å². The van der Waals surface area contributed by atoms with Crippen molar-refractivity contribution in [3.8, 4) is 0 Å². The lowest BCUT2D eigenvalue weighted by Gasteiger charge is -2.30. The summed E-state index contributed by atoms with van der Waals surface area (Å²) in [5.74, 6) is -0.151. The van der Waals surface area contributed by atoms with E-state index in [4.69, 9.17) is 0 Å². The summed E-state index contributed by atoms with van der Waals surface area (Å²) in [5.41, 5.74) is 3.26. The molecule has 0 bridgehead atoms. The Morgan fingerprint density at radius 1 is 0.931 bits per heavy atom. The molecule has 0 aliphatic carbocycles. The fraction of sp³-hybridized carbons (Fsp3) is 0.391. The van der Waals surface area contributed by atoms with Crippen molar-refractivity contribution in [1.29, 1.82) is 0 Å². The molecule has 1 fully saturated rings. The van der Waals surface area contributed by atoms with Crippen molar-refractivity contribution in [3.05, 3.63) is 65.7 Å². The molecule has 1 aliphatic rings. The zero-order chi connectivity index (χ0) is 20.6. The molecule has 0 saturated carbocycles. The molecule has 6 heteroatoms. The number of nitrogens with zero attached hydrogens (tertiary/aromatic N) is 1. The summed E-state index contributed by atoms with van der Waals surface area (Å²) in [5, 5.41) is 2.84. The zero-order valence-electron chi connectivity index (χ0n) is 17.4. The molecule has 0 aromatic heterocycles. The highest BCUT2D eigenvalue weighted by Gasteiger charge is 2.26. The average Bonchev–Trinajstić information content (AvgIpc) is 2.72. The minimum Gasteiger partial charge on any atom is -0.332 e. The Labute approximate surface area is 173 Å². The van der Waals surface area contributed by atoms with Gasteiger partial charge in [-0.3, -0.25) is 9.59 Å². The summed E-state index contributed by atoms with van der Waals surface area (Å²) in [4.78, 5) is 29.1. The minimum absolute atomic E-state index is 0.0190. The van der Waals surface area contributed by atoms with Crippen LogP contribution in [0.4, 0.5) is 5.69 Å². The van der Waals surface area contributed by atoms with Gasteiger partial charge in [0.15, 0.2) is 6.54 Å². The molecule has 0 unspecified atom stereocenters. The predicted molar refractivity (Wildman–Crippen MR) is 114 cm³/mol. The molecular formula is C23H32N4O2+2. The van der Waals surface area contributed by atoms with Gasteiger partial charge in [0.05, 0.1) is 6.54 Å². The number of quaternary nitrogens is 2. The number of hydrogen-bond acceptors (Lipinski definition) is 2. The summed E-state index contributed by atoms with van der Waals surface area (Å²) in [6.45, 7) is 7.67. The Kier molecular flexibility index (Phi) is 7.38. The van der Waals surface area contributed by atoms with Gasteiger partial charge in [0.2, 0.25) is 5.91 Å². The number of carbonyl (C=O) groups is 2. The maximum Gasteiger partial charge on any atom is 0.277 e. The van der Waals surface area contributed by atoms with Gasteiger partial charge in [-0.1, -0.05) is 48.0 Å². The van der Waals surface area contributed by atoms with E-state index in [9.17, 15) is 9.59 Å². The van der Waals surface area contributed by atoms with E-state index < -0.39 is 0 Å². The van der Waals surface area contributed by atoms with Crippen LogP contribution in [0.2, 0.25) is 0 Å². The average molecular weight is 397 g/mol. The Bertz CT molecular complexity index is 799. The van der Waals surface area contributed by atoms with Crippen LogP contribution in [0.1, 0.15) is 11.1 Å². The van der Waals surface area contributed by atoms with Gasteiger partial charge >= 0.3 is 0 Å². The number of benzene rings is 2. The molecule has 2 aromatic carbocycles. The molecule has 154 valence electrons. The van der Waals surface area contributed by atoms with Crippen molar-refractivity contribution in [1.82, 2.24) is 4.90 Å². The van der Waals surface area contributed by atoms with Crippen molar-refractivity contribution in [2.24, 2.45) is 0 Å². The first-order chi connectivity index (χ1) is 14.0. The van der Waals surface area contributed by atoms with Crippen molar-refractivity contribution in [3.63, 3.8) is 0 Å². The first kappa shape index (κ1) is 21.0. The molecular weight excluding hydrogens is 364 g/mol. The van der Waals surface area contributed by atoms with Crippen LogP contribution >= 0.6 is 0 Å². The lowest BCUT2D eigenvalue weighted by atomic mass is 10.2. The second-order valence-electron chi connectivity index (χ2n) is 8.00. The second-order valence-corrected chi connectivity index (χ2v) is 8.00. The Morgan fingerprint density at radius 3 is 2.21 bits per heavy atom. The monoisotopic (exact) mass is 396 g/mol. The van der Waals surface area contributed by atoms with Gasteiger partial charge in [-0.2, -0.15) is 0 Å². The van der Waals surface area contributed by atoms with E-state index in [2.05, 4.69) is 29.6 Å². The summed E-state index contributed by atoms with van der Waals surface area (Å²) in [6.07, 6.45) is 0. The number of likely N-dealkylation sites (N-methyl/N-ethyl adjacent to an activating group) is 1. The topological polar surface area (TPSA) is 58.3 Å². The number of piperazine rings is 1. The predicted octanol–water partition coefficient (Wildman–Crippen LogP) is -0.624. The van der Waals surface area contributed by atoms with Crippen LogP contribution < -0.4 is 15.1 Å². The van der Waals surface area contributed by atoms with Crippen molar-refractivity contribution >= 4 is 17.5 Å². The quantitative estimate of drug-likeness (QED) is 0.584. The molecule has 1 saturated heterocycles. The zero-order valence-corrected chi connectivity index (χ0v) is 17.4. The summed E-state index contributed by atoms with van der Waals surface area (Å²) in [7, 11) is 1.70. The van der Waals surface area contributed by atoms with E-state index in [1.54, 1.807) is 11.9 Å². The van der Waals surface area contributed by atoms with Gasteiger partial charge in [-0.05, 0) is 19.1 Å². The molecule has 1 heterocycles. The molecule has 6 nitrogen and oxygen atoms in total. The van der Waals surface area contributed by atoms with Crippen molar-refractivity contribution in [2.45, 2.75) is 13.5 Å². The van der Waals surface area contributed by atoms with E-state index in [1.807, 2.05) is 37.3 Å². The Morgan fingerprint density at radius 2 is 1.55 bits per heavy atom. The molecule has 3 rings (SSSR count). The van der Waals surface area contributed by atoms with Gasteiger partial charge < -0.3 is 20.0 Å². The third-order valence-corrected chi connectivity index (χ3v) is 5.50. The molecule has 0 radical (unpaired) electrons. The Hall–Kier alpha value is -2.70. The number of rotatable bonds is 7. The first-order valence-electron chi connectivity index (χ1n) is 10.3. The van der Waals surface area contributed by atoms with E-state index in [1.165, 1.54) is 15.4 Å². The standard InChI is InChI=1S/C23H30N4O2/c1-19-8-10-21(11-9-19)24-22(28)17-25(2)23(29)18-27-14-12-26(13-15-27)16-20-6-4-3-5-7-20/h3-11H,12-18H2,1-2H3,(H,24,28)/p+2. The number of anilines is 1. The molecule has 0 atom stereocenters. The summed E-state index contributed by atoms with van der Waals surface area (Å²) >= 11 is 0. The van der Waals surface area contributed by atoms with Crippen LogP contribution in [0.15, 0.2) is 54.6 Å². The Balaban J connectivity index is 1.38. The van der Waals surface area contributed by atoms with Crippen LogP contribution in [0, 0.1) is 6.92 Å². The number of nitrogens with one attached hydrogen (secondary N) is 3. The SMILES string of the molecule is Cc1ccc(NC(=O)CN(C)C(=O)C[NH+]2CC[NH+](Cc3ccccc3)CC2)cc1. The third kappa shape index (κ3) is 6.69. The number of carbonyl (C=O) groups excluding carboxylic acids is 2. The lowest BCUT2D eigenvalue weighted by Crippen LogP contribution is -3.28. The third-order valence-electron chi connectivity index (χ3n) is 5.50. The van der Waals surface area contributed by atoms with Crippen LogP contribution in [0.25, 0.3) is 0 Å². The van der Waals surface area contributed by atoms with Gasteiger partial charge in [0.1, 0.15) is 32.7 Å². The molecule has 2 aromatic rings. The van der Waals surface area contributed by atoms with Crippen LogP contribution in [0.3, 0.4) is 0 Å². The lowest BCUT2D eigenvalue weighted by molar-refractivity contribution is -1.02. The first-order valence-corrected chi connectivity index (χ1v) is 10.3. The van der Waals surface area contributed by atoms with E-state index >= 15 is 0 Å². The molecule has 2 amide bonds. The normalized spacial score (nSPS) is 18.8. The van der Waals surface area contributed by atoms with Crippen molar-refractivity contribution < 1.29 is 19.4 Å². The number of hydrogen-bond donors (Lipinski definition) is 3. The molecule has 29 heavy (non-hydrogen) atoms. The number of amides is 2. The van der Waals surface area contributed by atoms with Crippen molar-refractivity contribution in [2.75, 3.05) is 51.6 Å². The highest BCUT2D eigenvalue weighted by molar-refractivity contribution is 5.94. The summed E-state index contributed by atoms with van der Waals surface area (Å²) in [6, 6.07) is 18.2. The fourth-order valence-corrected chi connectivity index (χ4v) is 3.69. The smallest absolute Gasteiger partial charge is 0.277 e. The van der Waals surface area contributed by atoms with E-state index in [0.717, 1.165) is 44.0 Å². The van der Waals surface area contributed by atoms with Gasteiger partial charge in [-0.15, -0.1) is 0 Å². The molecule has 3 N–H and O–H groups in total. The summed E-state index contributed by atoms with van der Waals surface area (Å²) < 4.78 is 0. The number of aryl methyl sites for hydroxylation is 1. The fourth-order valence-electron chi connectivity index (χ4n) is 3.69. The maximum atomic E-state index is 12.5. The van der Waals surface area contributed by atoms with Crippen LogP contribution in [-0.4, -0.2) is 63.0 Å². The maximum absolute atomic E-state index is 12.5. The minimum atomic E-state index is -0.170. The van der Waals surface area contributed by atoms with E-state index in [-0.39, 0.29) is 18.4 Å². The highest BCUT2D eigenvalue weighted by Crippen LogP contribution is 2.08. The molecule has 1 aliphatic heterocycles. The van der Waals surface area contributed by atoms with Gasteiger partial charge in [-0.25, -0.2) is 0 Å². The molecule has 0 spiro atoms. The highest BCUT2D eigenvalue weighted by atomic mass is 16.2. The van der Waals surface area contributed by atoms with E-state index in [0.29, 0.717) is 6.54 Å². The largest absolute Gasteiger partial charge is 0.332 e. The van der Waals surface area contributed by atoms with Gasteiger partial charge in [0, 0.05) is 18.3 Å². The second kappa shape index (κ2) is 10.2. The van der Waals surface area contributed by atoms with Crippen LogP contribution in [-0.2, 0) is 16.1 Å².